The van der Waals surface area contributed by atoms with Crippen LogP contribution in [0.25, 0.3) is 17.1 Å². The maximum atomic E-state index is 13.1. The summed E-state index contributed by atoms with van der Waals surface area (Å²) in [4.78, 5) is 14.9. The zero-order valence-electron chi connectivity index (χ0n) is 18.7. The van der Waals surface area contributed by atoms with Crippen molar-refractivity contribution in [2.45, 2.75) is 44.4 Å². The maximum absolute atomic E-state index is 13.1. The number of nitrogens with zero attached hydrogens (tertiary/aromatic N) is 7. The number of amides is 1. The predicted octanol–water partition coefficient (Wildman–Crippen LogP) is 4.27. The van der Waals surface area contributed by atoms with Crippen molar-refractivity contribution in [3.8, 4) is 17.1 Å². The van der Waals surface area contributed by atoms with Crippen molar-refractivity contribution in [3.63, 3.8) is 0 Å². The number of aryl methyl sites for hydroxylation is 2. The van der Waals surface area contributed by atoms with Crippen molar-refractivity contribution >= 4 is 29.3 Å². The van der Waals surface area contributed by atoms with Gasteiger partial charge in [-0.3, -0.25) is 4.79 Å². The van der Waals surface area contributed by atoms with E-state index in [-0.39, 0.29) is 24.2 Å². The fourth-order valence-electron chi connectivity index (χ4n) is 3.59. The van der Waals surface area contributed by atoms with Gasteiger partial charge in [-0.15, -0.1) is 15.3 Å². The Morgan fingerprint density at radius 1 is 1.18 bits per heavy atom. The van der Waals surface area contributed by atoms with Gasteiger partial charge in [0, 0.05) is 6.04 Å². The lowest BCUT2D eigenvalue weighted by molar-refractivity contribution is -0.129. The molecule has 1 fully saturated rings. The first kappa shape index (κ1) is 22.5. The molecule has 0 saturated heterocycles. The van der Waals surface area contributed by atoms with Crippen molar-refractivity contribution < 1.29 is 9.21 Å². The molecule has 0 spiro atoms. The molecular formula is C23H22ClN7O2S. The lowest BCUT2D eigenvalue weighted by Gasteiger charge is -2.20. The highest BCUT2D eigenvalue weighted by Gasteiger charge is 2.34. The molecule has 1 amide bonds. The molecule has 5 rings (SSSR count). The molecule has 34 heavy (non-hydrogen) atoms. The quantitative estimate of drug-likeness (QED) is 0.334. The summed E-state index contributed by atoms with van der Waals surface area (Å²) in [6, 6.07) is 13.6. The summed E-state index contributed by atoms with van der Waals surface area (Å²) >= 11 is 7.55. The van der Waals surface area contributed by atoms with E-state index in [1.807, 2.05) is 50.2 Å². The fourth-order valence-corrected chi connectivity index (χ4v) is 4.58. The minimum absolute atomic E-state index is 0.0273. The fraction of sp³-hybridized carbons (Fsp3) is 0.304. The summed E-state index contributed by atoms with van der Waals surface area (Å²) in [7, 11) is 0. The van der Waals surface area contributed by atoms with Gasteiger partial charge in [-0.2, -0.15) is 4.68 Å². The largest absolute Gasteiger partial charge is 0.419 e. The molecule has 0 radical (unpaired) electrons. The van der Waals surface area contributed by atoms with Gasteiger partial charge in [-0.05, 0) is 66.4 Å². The molecule has 1 saturated carbocycles. The van der Waals surface area contributed by atoms with Crippen molar-refractivity contribution in [2.75, 3.05) is 5.75 Å². The summed E-state index contributed by atoms with van der Waals surface area (Å²) in [6.07, 6.45) is 1.92. The number of aromatic nitrogens is 6. The third-order valence-corrected chi connectivity index (χ3v) is 6.78. The van der Waals surface area contributed by atoms with Gasteiger partial charge in [-0.1, -0.05) is 47.6 Å². The van der Waals surface area contributed by atoms with Crippen molar-refractivity contribution in [3.05, 3.63) is 64.5 Å². The molecule has 0 N–H and O–H groups in total. The van der Waals surface area contributed by atoms with Gasteiger partial charge >= 0.3 is 0 Å². The Morgan fingerprint density at radius 3 is 2.79 bits per heavy atom. The third kappa shape index (κ3) is 4.83. The Balaban J connectivity index is 1.28. The maximum Gasteiger partial charge on any atom is 0.249 e. The third-order valence-electron chi connectivity index (χ3n) is 5.54. The van der Waals surface area contributed by atoms with E-state index < -0.39 is 0 Å². The summed E-state index contributed by atoms with van der Waals surface area (Å²) < 4.78 is 7.49. The van der Waals surface area contributed by atoms with Gasteiger partial charge < -0.3 is 9.32 Å². The standard InChI is InChI=1S/C23H22ClN7O2S/c1-14-7-8-15(2)19(11-14)31-23(27-28-29-31)34-13-21(32)30(16-9-10-16)12-20-25-26-22(33-20)17-5-3-4-6-18(17)24/h3-8,11,16H,9-10,12-13H2,1-2H3. The highest BCUT2D eigenvalue weighted by molar-refractivity contribution is 7.99. The van der Waals surface area contributed by atoms with E-state index in [9.17, 15) is 4.79 Å². The zero-order valence-corrected chi connectivity index (χ0v) is 20.3. The second-order valence-electron chi connectivity index (χ2n) is 8.19. The molecular weight excluding hydrogens is 474 g/mol. The molecule has 1 aliphatic rings. The van der Waals surface area contributed by atoms with E-state index in [0.717, 1.165) is 29.7 Å². The number of hydrogen-bond acceptors (Lipinski definition) is 8. The topological polar surface area (TPSA) is 103 Å². The molecule has 174 valence electrons. The Bertz CT molecular complexity index is 1330. The molecule has 2 heterocycles. The monoisotopic (exact) mass is 495 g/mol. The van der Waals surface area contributed by atoms with Crippen LogP contribution in [-0.4, -0.2) is 53.0 Å². The minimum Gasteiger partial charge on any atom is -0.419 e. The number of rotatable bonds is 8. The second-order valence-corrected chi connectivity index (χ2v) is 9.54. The van der Waals surface area contributed by atoms with Gasteiger partial charge in [0.25, 0.3) is 0 Å². The number of halogens is 1. The van der Waals surface area contributed by atoms with Crippen LogP contribution < -0.4 is 0 Å². The predicted molar refractivity (Wildman–Crippen MR) is 128 cm³/mol. The van der Waals surface area contributed by atoms with Gasteiger partial charge in [-0.25, -0.2) is 0 Å². The van der Waals surface area contributed by atoms with E-state index >= 15 is 0 Å². The molecule has 0 bridgehead atoms. The van der Waals surface area contributed by atoms with Crippen LogP contribution in [0.5, 0.6) is 0 Å². The van der Waals surface area contributed by atoms with E-state index in [1.165, 1.54) is 11.8 Å². The highest BCUT2D eigenvalue weighted by atomic mass is 35.5. The van der Waals surface area contributed by atoms with E-state index in [0.29, 0.717) is 27.5 Å². The number of benzene rings is 2. The first-order valence-corrected chi connectivity index (χ1v) is 12.2. The van der Waals surface area contributed by atoms with Crippen molar-refractivity contribution in [1.29, 1.82) is 0 Å². The van der Waals surface area contributed by atoms with Crippen LogP contribution in [0.3, 0.4) is 0 Å². The first-order valence-electron chi connectivity index (χ1n) is 10.8. The van der Waals surface area contributed by atoms with Crippen LogP contribution in [0.4, 0.5) is 0 Å². The number of thioether (sulfide) groups is 1. The molecule has 0 aliphatic heterocycles. The summed E-state index contributed by atoms with van der Waals surface area (Å²) in [5.74, 6) is 0.888. The molecule has 2 aromatic carbocycles. The Labute approximate surface area is 205 Å². The van der Waals surface area contributed by atoms with Gasteiger partial charge in [0.2, 0.25) is 22.8 Å². The van der Waals surface area contributed by atoms with Crippen LogP contribution in [0.1, 0.15) is 29.9 Å². The highest BCUT2D eigenvalue weighted by Crippen LogP contribution is 2.31. The number of carbonyl (C=O) groups excluding carboxylic acids is 1. The van der Waals surface area contributed by atoms with Crippen LogP contribution in [0.15, 0.2) is 52.0 Å². The second kappa shape index (κ2) is 9.55. The van der Waals surface area contributed by atoms with Gasteiger partial charge in [0.1, 0.15) is 0 Å². The van der Waals surface area contributed by atoms with Crippen LogP contribution >= 0.6 is 23.4 Å². The molecule has 0 atom stereocenters. The summed E-state index contributed by atoms with van der Waals surface area (Å²) in [5.41, 5.74) is 3.73. The van der Waals surface area contributed by atoms with Crippen LogP contribution in [0.2, 0.25) is 5.02 Å². The molecule has 9 nitrogen and oxygen atoms in total. The zero-order chi connectivity index (χ0) is 23.7. The van der Waals surface area contributed by atoms with Gasteiger partial charge in [0.05, 0.1) is 28.6 Å². The lowest BCUT2D eigenvalue weighted by atomic mass is 10.1. The van der Waals surface area contributed by atoms with E-state index in [2.05, 4.69) is 25.7 Å². The SMILES string of the molecule is Cc1ccc(C)c(-n2nnnc2SCC(=O)N(Cc2nnc(-c3ccccc3Cl)o2)C2CC2)c1. The molecule has 11 heteroatoms. The van der Waals surface area contributed by atoms with Crippen molar-refractivity contribution in [1.82, 2.24) is 35.3 Å². The summed E-state index contributed by atoms with van der Waals surface area (Å²) in [6.45, 7) is 4.28. The number of hydrogen-bond donors (Lipinski definition) is 0. The van der Waals surface area contributed by atoms with Crippen LogP contribution in [-0.2, 0) is 11.3 Å². The average molecular weight is 496 g/mol. The van der Waals surface area contributed by atoms with Crippen molar-refractivity contribution in [2.24, 2.45) is 0 Å². The summed E-state index contributed by atoms with van der Waals surface area (Å²) in [5, 5.41) is 21.4. The normalized spacial score (nSPS) is 13.3. The van der Waals surface area contributed by atoms with E-state index in [1.54, 1.807) is 15.6 Å². The molecule has 0 unspecified atom stereocenters. The molecule has 4 aromatic rings. The Kier molecular flexibility index (Phi) is 6.34. The number of tetrazole rings is 1. The van der Waals surface area contributed by atoms with Crippen LogP contribution in [0, 0.1) is 13.8 Å². The molecule has 2 aromatic heterocycles. The molecule has 1 aliphatic carbocycles. The first-order chi connectivity index (χ1) is 16.5. The Morgan fingerprint density at radius 2 is 2.00 bits per heavy atom. The minimum atomic E-state index is -0.0273. The number of carbonyl (C=O) groups is 1. The van der Waals surface area contributed by atoms with E-state index in [4.69, 9.17) is 16.0 Å². The average Bonchev–Trinajstić information content (AvgIpc) is 3.38. The Hall–Kier alpha value is -3.24. The lowest BCUT2D eigenvalue weighted by Crippen LogP contribution is -2.34. The van der Waals surface area contributed by atoms with Gasteiger partial charge in [0.15, 0.2) is 0 Å². The smallest absolute Gasteiger partial charge is 0.249 e.